The number of aromatic nitrogens is 1. The molecule has 8 heteroatoms. The van der Waals surface area contributed by atoms with Crippen LogP contribution in [0.2, 0.25) is 0 Å². The molecule has 3 aromatic rings. The van der Waals surface area contributed by atoms with Crippen molar-refractivity contribution in [3.05, 3.63) is 53.0 Å². The summed E-state index contributed by atoms with van der Waals surface area (Å²) in [6, 6.07) is 12.9. The van der Waals surface area contributed by atoms with Gasteiger partial charge in [-0.15, -0.1) is 11.3 Å². The van der Waals surface area contributed by atoms with Gasteiger partial charge >= 0.3 is 0 Å². The van der Waals surface area contributed by atoms with Crippen molar-refractivity contribution in [1.29, 1.82) is 0 Å². The fraction of sp³-hybridized carbons (Fsp3) is 0.278. The molecule has 3 heterocycles. The number of aromatic amines is 1. The molecule has 1 aliphatic rings. The van der Waals surface area contributed by atoms with Gasteiger partial charge in [-0.25, -0.2) is 8.42 Å². The number of para-hydroxylation sites is 1. The number of fused-ring (bicyclic) bond motifs is 1. The molecule has 0 saturated carbocycles. The summed E-state index contributed by atoms with van der Waals surface area (Å²) in [7, 11) is -3.39. The lowest BCUT2D eigenvalue weighted by Crippen LogP contribution is -2.27. The summed E-state index contributed by atoms with van der Waals surface area (Å²) in [5, 5.41) is 3.82. The van der Waals surface area contributed by atoms with Gasteiger partial charge in [0.25, 0.3) is 15.9 Å². The molecular weight excluding hydrogens is 370 g/mol. The van der Waals surface area contributed by atoms with E-state index in [-0.39, 0.29) is 5.91 Å². The van der Waals surface area contributed by atoms with Crippen LogP contribution >= 0.6 is 11.3 Å². The number of carbonyl (C=O) groups is 1. The Hall–Kier alpha value is -2.16. The first kappa shape index (κ1) is 17.3. The van der Waals surface area contributed by atoms with Crippen LogP contribution < -0.4 is 5.32 Å². The minimum absolute atomic E-state index is 0.210. The van der Waals surface area contributed by atoms with E-state index in [0.717, 1.165) is 28.6 Å². The summed E-state index contributed by atoms with van der Waals surface area (Å²) in [5.41, 5.74) is 1.40. The van der Waals surface area contributed by atoms with Crippen LogP contribution in [0.25, 0.3) is 10.9 Å². The third-order valence-corrected chi connectivity index (χ3v) is 7.95. The maximum absolute atomic E-state index is 12.6. The highest BCUT2D eigenvalue weighted by Crippen LogP contribution is 2.27. The van der Waals surface area contributed by atoms with Crippen molar-refractivity contribution in [3.8, 4) is 0 Å². The van der Waals surface area contributed by atoms with E-state index in [1.807, 2.05) is 30.3 Å². The number of thiophene rings is 1. The van der Waals surface area contributed by atoms with E-state index >= 15 is 0 Å². The molecule has 1 fully saturated rings. The number of carbonyl (C=O) groups excluding carboxylic acids is 1. The Balaban J connectivity index is 1.43. The number of hydrogen-bond donors (Lipinski definition) is 2. The van der Waals surface area contributed by atoms with Gasteiger partial charge in [0, 0.05) is 28.9 Å². The Morgan fingerprint density at radius 3 is 2.69 bits per heavy atom. The SMILES string of the molecule is O=C(NCc1ccc(S(=O)(=O)N2CCCC2)s1)c1cc2ccccc2[nH]1. The lowest BCUT2D eigenvalue weighted by Gasteiger charge is -2.13. The molecule has 0 atom stereocenters. The average Bonchev–Trinajstić information content (AvgIpc) is 3.39. The number of rotatable bonds is 5. The maximum Gasteiger partial charge on any atom is 0.268 e. The third-order valence-electron chi connectivity index (χ3n) is 4.49. The van der Waals surface area contributed by atoms with Gasteiger partial charge in [0.2, 0.25) is 0 Å². The predicted octanol–water partition coefficient (Wildman–Crippen LogP) is 2.94. The molecule has 0 bridgehead atoms. The molecule has 1 saturated heterocycles. The van der Waals surface area contributed by atoms with E-state index in [1.165, 1.54) is 15.6 Å². The normalized spacial score (nSPS) is 15.5. The summed E-state index contributed by atoms with van der Waals surface area (Å²) in [6.45, 7) is 1.48. The third kappa shape index (κ3) is 3.27. The Morgan fingerprint density at radius 2 is 1.92 bits per heavy atom. The van der Waals surface area contributed by atoms with Crippen LogP contribution in [0.4, 0.5) is 0 Å². The van der Waals surface area contributed by atoms with Crippen LogP contribution in [0.3, 0.4) is 0 Å². The zero-order chi connectivity index (χ0) is 18.1. The minimum Gasteiger partial charge on any atom is -0.351 e. The number of H-pyrrole nitrogens is 1. The lowest BCUT2D eigenvalue weighted by atomic mass is 10.2. The highest BCUT2D eigenvalue weighted by atomic mass is 32.2. The second-order valence-electron chi connectivity index (χ2n) is 6.28. The number of hydrogen-bond acceptors (Lipinski definition) is 4. The van der Waals surface area contributed by atoms with Crippen molar-refractivity contribution in [2.45, 2.75) is 23.6 Å². The first-order valence-electron chi connectivity index (χ1n) is 8.49. The quantitative estimate of drug-likeness (QED) is 0.704. The highest BCUT2D eigenvalue weighted by molar-refractivity contribution is 7.91. The minimum atomic E-state index is -3.39. The van der Waals surface area contributed by atoms with E-state index in [0.29, 0.717) is 29.5 Å². The van der Waals surface area contributed by atoms with Crippen molar-refractivity contribution in [2.75, 3.05) is 13.1 Å². The first-order valence-corrected chi connectivity index (χ1v) is 10.7. The van der Waals surface area contributed by atoms with Gasteiger partial charge < -0.3 is 10.3 Å². The molecule has 0 unspecified atom stereocenters. The van der Waals surface area contributed by atoms with Crippen molar-refractivity contribution in [3.63, 3.8) is 0 Å². The number of benzene rings is 1. The van der Waals surface area contributed by atoms with Crippen molar-refractivity contribution < 1.29 is 13.2 Å². The summed E-state index contributed by atoms with van der Waals surface area (Å²) < 4.78 is 27.0. The Morgan fingerprint density at radius 1 is 1.15 bits per heavy atom. The van der Waals surface area contributed by atoms with Crippen molar-refractivity contribution >= 4 is 38.2 Å². The van der Waals surface area contributed by atoms with E-state index in [1.54, 1.807) is 12.1 Å². The molecule has 2 aromatic heterocycles. The zero-order valence-corrected chi connectivity index (χ0v) is 15.7. The topological polar surface area (TPSA) is 82.3 Å². The van der Waals surface area contributed by atoms with Crippen LogP contribution in [0.1, 0.15) is 28.2 Å². The van der Waals surface area contributed by atoms with Crippen LogP contribution in [0.15, 0.2) is 46.7 Å². The van der Waals surface area contributed by atoms with E-state index in [9.17, 15) is 13.2 Å². The average molecular weight is 390 g/mol. The van der Waals surface area contributed by atoms with Crippen LogP contribution in [0, 0.1) is 0 Å². The number of amides is 1. The molecule has 1 aromatic carbocycles. The lowest BCUT2D eigenvalue weighted by molar-refractivity contribution is 0.0947. The second kappa shape index (κ2) is 6.86. The molecule has 0 aliphatic carbocycles. The van der Waals surface area contributed by atoms with Gasteiger partial charge in [0.1, 0.15) is 9.90 Å². The van der Waals surface area contributed by atoms with Gasteiger partial charge in [-0.1, -0.05) is 18.2 Å². The van der Waals surface area contributed by atoms with Gasteiger partial charge in [-0.2, -0.15) is 4.31 Å². The van der Waals surface area contributed by atoms with E-state index in [2.05, 4.69) is 10.3 Å². The molecule has 0 radical (unpaired) electrons. The van der Waals surface area contributed by atoms with Crippen molar-refractivity contribution in [2.24, 2.45) is 0 Å². The van der Waals surface area contributed by atoms with Gasteiger partial charge in [-0.3, -0.25) is 4.79 Å². The molecule has 6 nitrogen and oxygen atoms in total. The molecule has 26 heavy (non-hydrogen) atoms. The van der Waals surface area contributed by atoms with Crippen LogP contribution in [-0.2, 0) is 16.6 Å². The number of nitrogens with one attached hydrogen (secondary N) is 2. The predicted molar refractivity (Wildman–Crippen MR) is 102 cm³/mol. The molecule has 4 rings (SSSR count). The number of sulfonamides is 1. The summed E-state index contributed by atoms with van der Waals surface area (Å²) in [6.07, 6.45) is 1.83. The molecule has 0 spiro atoms. The fourth-order valence-electron chi connectivity index (χ4n) is 3.11. The first-order chi connectivity index (χ1) is 12.5. The number of nitrogens with zero attached hydrogens (tertiary/aromatic N) is 1. The van der Waals surface area contributed by atoms with Gasteiger partial charge in [0.15, 0.2) is 0 Å². The van der Waals surface area contributed by atoms with Crippen LogP contribution in [0.5, 0.6) is 0 Å². The van der Waals surface area contributed by atoms with E-state index < -0.39 is 10.0 Å². The Bertz CT molecular complexity index is 1010. The Labute approximate surface area is 155 Å². The molecule has 1 aliphatic heterocycles. The summed E-state index contributed by atoms with van der Waals surface area (Å²) >= 11 is 1.21. The smallest absolute Gasteiger partial charge is 0.268 e. The highest BCUT2D eigenvalue weighted by Gasteiger charge is 2.28. The molecule has 1 amide bonds. The fourth-order valence-corrected chi connectivity index (χ4v) is 6.07. The monoisotopic (exact) mass is 389 g/mol. The van der Waals surface area contributed by atoms with Gasteiger partial charge in [0.05, 0.1) is 6.54 Å². The summed E-state index contributed by atoms with van der Waals surface area (Å²) in [4.78, 5) is 16.2. The van der Waals surface area contributed by atoms with Crippen molar-refractivity contribution in [1.82, 2.24) is 14.6 Å². The standard InChI is InChI=1S/C18H19N3O3S2/c22-18(16-11-13-5-1-2-6-15(13)20-16)19-12-14-7-8-17(25-14)26(23,24)21-9-3-4-10-21/h1-2,5-8,11,20H,3-4,9-10,12H2,(H,19,22). The Kier molecular flexibility index (Phi) is 4.56. The summed E-state index contributed by atoms with van der Waals surface area (Å²) in [5.74, 6) is -0.210. The maximum atomic E-state index is 12.6. The zero-order valence-electron chi connectivity index (χ0n) is 14.1. The van der Waals surface area contributed by atoms with Crippen LogP contribution in [-0.4, -0.2) is 36.7 Å². The molecule has 136 valence electrons. The molecular formula is C18H19N3O3S2. The van der Waals surface area contributed by atoms with Gasteiger partial charge in [-0.05, 0) is 37.1 Å². The second-order valence-corrected chi connectivity index (χ2v) is 9.62. The largest absolute Gasteiger partial charge is 0.351 e. The van der Waals surface area contributed by atoms with E-state index in [4.69, 9.17) is 0 Å². The molecule has 2 N–H and O–H groups in total.